The average Bonchev–Trinajstić information content (AvgIpc) is 2.69. The minimum absolute atomic E-state index is 0.125. The lowest BCUT2D eigenvalue weighted by Gasteiger charge is -2.31. The van der Waals surface area contributed by atoms with Gasteiger partial charge >= 0.3 is 0 Å². The summed E-state index contributed by atoms with van der Waals surface area (Å²) in [7, 11) is 1.79. The van der Waals surface area contributed by atoms with Crippen LogP contribution in [0.1, 0.15) is 44.9 Å². The summed E-state index contributed by atoms with van der Waals surface area (Å²) in [6.07, 6.45) is 8.33. The zero-order valence-electron chi connectivity index (χ0n) is 9.61. The number of ether oxygens (including phenoxy) is 1. The average molecular weight is 213 g/mol. The maximum Gasteiger partial charge on any atom is 0.0693 e. The van der Waals surface area contributed by atoms with Crippen LogP contribution in [0.5, 0.6) is 0 Å². The molecule has 0 aromatic heterocycles. The molecule has 2 unspecified atom stereocenters. The minimum Gasteiger partial charge on any atom is -0.392 e. The Morgan fingerprint density at radius 3 is 2.60 bits per heavy atom. The molecular weight excluding hydrogens is 190 g/mol. The van der Waals surface area contributed by atoms with Crippen molar-refractivity contribution in [3.05, 3.63) is 0 Å². The van der Waals surface area contributed by atoms with E-state index < -0.39 is 0 Å². The third kappa shape index (κ3) is 2.92. The molecule has 0 heterocycles. The van der Waals surface area contributed by atoms with Crippen molar-refractivity contribution in [2.75, 3.05) is 7.11 Å². The highest BCUT2D eigenvalue weighted by atomic mass is 16.5. The molecule has 2 rings (SSSR count). The Morgan fingerprint density at radius 1 is 1.13 bits per heavy atom. The van der Waals surface area contributed by atoms with Crippen LogP contribution in [0.15, 0.2) is 0 Å². The van der Waals surface area contributed by atoms with E-state index >= 15 is 0 Å². The van der Waals surface area contributed by atoms with Gasteiger partial charge < -0.3 is 15.2 Å². The van der Waals surface area contributed by atoms with Gasteiger partial charge in [0.15, 0.2) is 0 Å². The highest BCUT2D eigenvalue weighted by Crippen LogP contribution is 2.25. The van der Waals surface area contributed by atoms with E-state index in [1.54, 1.807) is 7.11 Å². The van der Waals surface area contributed by atoms with E-state index in [1.165, 1.54) is 19.3 Å². The van der Waals surface area contributed by atoms with Gasteiger partial charge in [0.1, 0.15) is 0 Å². The van der Waals surface area contributed by atoms with Crippen molar-refractivity contribution in [3.8, 4) is 0 Å². The molecule has 0 bridgehead atoms. The van der Waals surface area contributed by atoms with Crippen LogP contribution in [0.4, 0.5) is 0 Å². The molecule has 2 aliphatic carbocycles. The van der Waals surface area contributed by atoms with Crippen molar-refractivity contribution < 1.29 is 9.84 Å². The fraction of sp³-hybridized carbons (Fsp3) is 1.00. The topological polar surface area (TPSA) is 41.5 Å². The molecule has 0 aromatic carbocycles. The number of hydrogen-bond acceptors (Lipinski definition) is 3. The van der Waals surface area contributed by atoms with Crippen molar-refractivity contribution in [2.24, 2.45) is 0 Å². The Morgan fingerprint density at radius 2 is 1.93 bits per heavy atom. The van der Waals surface area contributed by atoms with Crippen molar-refractivity contribution in [1.82, 2.24) is 5.32 Å². The van der Waals surface area contributed by atoms with E-state index in [2.05, 4.69) is 5.32 Å². The summed E-state index contributed by atoms with van der Waals surface area (Å²) in [5, 5.41) is 13.5. The molecule has 88 valence electrons. The second-order valence-electron chi connectivity index (χ2n) is 4.99. The lowest BCUT2D eigenvalue weighted by molar-refractivity contribution is 0.0798. The second kappa shape index (κ2) is 5.28. The summed E-state index contributed by atoms with van der Waals surface area (Å²) in [6, 6.07) is 0.895. The van der Waals surface area contributed by atoms with Crippen LogP contribution in [0.2, 0.25) is 0 Å². The van der Waals surface area contributed by atoms with Gasteiger partial charge in [-0.2, -0.15) is 0 Å². The third-order valence-electron chi connectivity index (χ3n) is 3.90. The van der Waals surface area contributed by atoms with Gasteiger partial charge in [0.25, 0.3) is 0 Å². The van der Waals surface area contributed by atoms with Gasteiger partial charge in [-0.05, 0) is 32.1 Å². The van der Waals surface area contributed by atoms with Crippen LogP contribution in [-0.2, 0) is 4.74 Å². The quantitative estimate of drug-likeness (QED) is 0.745. The molecule has 15 heavy (non-hydrogen) atoms. The summed E-state index contributed by atoms with van der Waals surface area (Å²) >= 11 is 0. The van der Waals surface area contributed by atoms with Crippen LogP contribution in [-0.4, -0.2) is 36.5 Å². The molecule has 0 saturated heterocycles. The van der Waals surface area contributed by atoms with E-state index in [4.69, 9.17) is 4.74 Å². The van der Waals surface area contributed by atoms with Gasteiger partial charge in [0, 0.05) is 19.2 Å². The lowest BCUT2D eigenvalue weighted by Crippen LogP contribution is -2.46. The predicted octanol–water partition coefficient (Wildman–Crippen LogP) is 1.45. The molecule has 2 saturated carbocycles. The number of aliphatic hydroxyl groups excluding tert-OH is 1. The van der Waals surface area contributed by atoms with Gasteiger partial charge in [-0.25, -0.2) is 0 Å². The molecule has 3 heteroatoms. The second-order valence-corrected chi connectivity index (χ2v) is 4.99. The van der Waals surface area contributed by atoms with Crippen molar-refractivity contribution in [3.63, 3.8) is 0 Å². The number of hydrogen-bond donors (Lipinski definition) is 2. The number of aliphatic hydroxyl groups is 1. The van der Waals surface area contributed by atoms with Crippen molar-refractivity contribution >= 4 is 0 Å². The summed E-state index contributed by atoms with van der Waals surface area (Å²) in [6.45, 7) is 0. The summed E-state index contributed by atoms with van der Waals surface area (Å²) in [5.74, 6) is 0. The van der Waals surface area contributed by atoms with E-state index in [1.807, 2.05) is 0 Å². The number of nitrogens with one attached hydrogen (secondary N) is 1. The summed E-state index contributed by atoms with van der Waals surface area (Å²) in [5.41, 5.74) is 0. The van der Waals surface area contributed by atoms with Crippen LogP contribution >= 0.6 is 0 Å². The SMILES string of the molecule is COC1CCC(N[C@H]2CCCC[C@@H]2O)C1. The van der Waals surface area contributed by atoms with Crippen LogP contribution in [0, 0.1) is 0 Å². The first-order chi connectivity index (χ1) is 7.29. The van der Waals surface area contributed by atoms with E-state index in [9.17, 15) is 5.11 Å². The first kappa shape index (κ1) is 11.4. The summed E-state index contributed by atoms with van der Waals surface area (Å²) < 4.78 is 5.35. The fourth-order valence-electron chi connectivity index (χ4n) is 2.91. The third-order valence-corrected chi connectivity index (χ3v) is 3.90. The molecule has 0 aromatic rings. The highest BCUT2D eigenvalue weighted by Gasteiger charge is 2.29. The molecule has 2 N–H and O–H groups in total. The van der Waals surface area contributed by atoms with E-state index in [0.29, 0.717) is 18.2 Å². The Kier molecular flexibility index (Phi) is 4.00. The number of rotatable bonds is 3. The Bertz CT molecular complexity index is 198. The zero-order valence-corrected chi connectivity index (χ0v) is 9.61. The fourth-order valence-corrected chi connectivity index (χ4v) is 2.91. The Hall–Kier alpha value is -0.120. The monoisotopic (exact) mass is 213 g/mol. The molecule has 0 radical (unpaired) electrons. The molecule has 3 nitrogen and oxygen atoms in total. The standard InChI is InChI=1S/C12H23NO2/c1-15-10-7-6-9(8-10)13-11-4-2-3-5-12(11)14/h9-14H,2-8H2,1H3/t9?,10?,11-,12-/m0/s1. The van der Waals surface area contributed by atoms with Crippen LogP contribution < -0.4 is 5.32 Å². The van der Waals surface area contributed by atoms with E-state index in [-0.39, 0.29) is 6.10 Å². The van der Waals surface area contributed by atoms with Gasteiger partial charge in [0.2, 0.25) is 0 Å². The molecular formula is C12H23NO2. The maximum atomic E-state index is 9.86. The highest BCUT2D eigenvalue weighted by molar-refractivity contribution is 4.88. The van der Waals surface area contributed by atoms with Gasteiger partial charge in [-0.15, -0.1) is 0 Å². The van der Waals surface area contributed by atoms with Crippen molar-refractivity contribution in [1.29, 1.82) is 0 Å². The lowest BCUT2D eigenvalue weighted by atomic mass is 9.92. The summed E-state index contributed by atoms with van der Waals surface area (Å²) in [4.78, 5) is 0. The molecule has 0 amide bonds. The van der Waals surface area contributed by atoms with Gasteiger partial charge in [-0.3, -0.25) is 0 Å². The van der Waals surface area contributed by atoms with Gasteiger partial charge in [-0.1, -0.05) is 12.8 Å². The Labute approximate surface area is 92.2 Å². The van der Waals surface area contributed by atoms with Crippen LogP contribution in [0.25, 0.3) is 0 Å². The number of methoxy groups -OCH3 is 1. The minimum atomic E-state index is -0.125. The normalized spacial score (nSPS) is 42.0. The van der Waals surface area contributed by atoms with Crippen LogP contribution in [0.3, 0.4) is 0 Å². The first-order valence-corrected chi connectivity index (χ1v) is 6.26. The molecule has 0 aliphatic heterocycles. The smallest absolute Gasteiger partial charge is 0.0693 e. The largest absolute Gasteiger partial charge is 0.392 e. The van der Waals surface area contributed by atoms with E-state index in [0.717, 1.165) is 25.7 Å². The predicted molar refractivity (Wildman–Crippen MR) is 59.8 cm³/mol. The molecule has 2 aliphatic rings. The maximum absolute atomic E-state index is 9.86. The Balaban J connectivity index is 1.76. The molecule has 2 fully saturated rings. The zero-order chi connectivity index (χ0) is 10.7. The van der Waals surface area contributed by atoms with Crippen molar-refractivity contribution in [2.45, 2.75) is 69.2 Å². The first-order valence-electron chi connectivity index (χ1n) is 6.26. The van der Waals surface area contributed by atoms with Gasteiger partial charge in [0.05, 0.1) is 12.2 Å². The molecule has 4 atom stereocenters. The molecule has 0 spiro atoms.